The molecule has 0 aliphatic carbocycles. The topological polar surface area (TPSA) is 92.8 Å². The van der Waals surface area contributed by atoms with E-state index in [1.807, 2.05) is 30.3 Å². The van der Waals surface area contributed by atoms with Crippen LogP contribution in [0, 0.1) is 0 Å². The van der Waals surface area contributed by atoms with E-state index in [9.17, 15) is 4.79 Å². The molecule has 122 valence electrons. The van der Waals surface area contributed by atoms with Gasteiger partial charge in [-0.2, -0.15) is 0 Å². The normalized spacial score (nSPS) is 11.5. The Morgan fingerprint density at radius 2 is 2.08 bits per heavy atom. The number of hydrogen-bond acceptors (Lipinski definition) is 6. The number of H-pyrrole nitrogens is 1. The Bertz CT molecular complexity index is 858. The molecule has 1 aromatic carbocycles. The van der Waals surface area contributed by atoms with Gasteiger partial charge in [-0.15, -0.1) is 0 Å². The van der Waals surface area contributed by atoms with Crippen molar-refractivity contribution in [1.29, 1.82) is 0 Å². The molecule has 0 saturated heterocycles. The minimum Gasteiger partial charge on any atom is -0.462 e. The van der Waals surface area contributed by atoms with Crippen molar-refractivity contribution in [2.75, 3.05) is 6.61 Å². The van der Waals surface area contributed by atoms with Gasteiger partial charge >= 0.3 is 5.97 Å². The summed E-state index contributed by atoms with van der Waals surface area (Å²) in [5.74, 6) is -0.451. The number of esters is 1. The lowest BCUT2D eigenvalue weighted by atomic mass is 10.1. The molecule has 0 spiro atoms. The van der Waals surface area contributed by atoms with Gasteiger partial charge in [-0.05, 0) is 12.5 Å². The number of nitrogens with zero attached hydrogens (tertiary/aromatic N) is 3. The second-order valence-electron chi connectivity index (χ2n) is 4.97. The molecule has 0 radical (unpaired) electrons. The molecule has 0 amide bonds. The quantitative estimate of drug-likeness (QED) is 0.533. The first-order valence-electron chi connectivity index (χ1n) is 7.58. The summed E-state index contributed by atoms with van der Waals surface area (Å²) in [7, 11) is 0. The summed E-state index contributed by atoms with van der Waals surface area (Å²) in [6.45, 7) is 2.63. The number of carbonyl (C=O) groups excluding carboxylic acids is 1. The number of benzene rings is 1. The summed E-state index contributed by atoms with van der Waals surface area (Å²) in [4.78, 5) is 27.7. The third-order valence-corrected chi connectivity index (χ3v) is 3.37. The highest BCUT2D eigenvalue weighted by Crippen LogP contribution is 2.19. The van der Waals surface area contributed by atoms with Crippen LogP contribution in [-0.4, -0.2) is 32.5 Å². The monoisotopic (exact) mass is 323 g/mol. The standard InChI is InChI=1S/C17H17N5O2/c1-2-24-17(23)13(9-18-8-12-6-4-3-5-7-12)14-15-16(21-10-19-14)22-11-20-15/h3-7,9-11,18H,2,8H2,1H3,(H,19,20,21,22)/b13-9+. The SMILES string of the molecule is CCOC(=O)/C(=C/NCc1ccccc1)c1ncnc2nc[nH]c12. The van der Waals surface area contributed by atoms with Gasteiger partial charge in [0.2, 0.25) is 0 Å². The Hall–Kier alpha value is -3.22. The van der Waals surface area contributed by atoms with Crippen molar-refractivity contribution in [3.05, 3.63) is 60.4 Å². The first-order valence-corrected chi connectivity index (χ1v) is 7.58. The average Bonchev–Trinajstić information content (AvgIpc) is 3.09. The zero-order valence-corrected chi connectivity index (χ0v) is 13.2. The summed E-state index contributed by atoms with van der Waals surface area (Å²) in [6, 6.07) is 9.89. The minimum atomic E-state index is -0.451. The van der Waals surface area contributed by atoms with E-state index in [4.69, 9.17) is 4.74 Å². The summed E-state index contributed by atoms with van der Waals surface area (Å²) in [5, 5.41) is 3.14. The molecule has 0 aliphatic heterocycles. The molecule has 24 heavy (non-hydrogen) atoms. The Morgan fingerprint density at radius 1 is 1.25 bits per heavy atom. The highest BCUT2D eigenvalue weighted by molar-refractivity contribution is 6.18. The summed E-state index contributed by atoms with van der Waals surface area (Å²) in [5.41, 5.74) is 2.98. The molecule has 7 heteroatoms. The van der Waals surface area contributed by atoms with Gasteiger partial charge in [0.05, 0.1) is 12.9 Å². The van der Waals surface area contributed by atoms with Gasteiger partial charge in [-0.3, -0.25) is 0 Å². The molecular formula is C17H17N5O2. The van der Waals surface area contributed by atoms with E-state index in [2.05, 4.69) is 25.3 Å². The van der Waals surface area contributed by atoms with Crippen LogP contribution in [0.15, 0.2) is 49.2 Å². The van der Waals surface area contributed by atoms with Gasteiger partial charge in [0.15, 0.2) is 5.65 Å². The van der Waals surface area contributed by atoms with Gasteiger partial charge in [0.25, 0.3) is 0 Å². The number of nitrogens with one attached hydrogen (secondary N) is 2. The summed E-state index contributed by atoms with van der Waals surface area (Å²) in [6.07, 6.45) is 4.51. The van der Waals surface area contributed by atoms with Crippen LogP contribution in [0.3, 0.4) is 0 Å². The highest BCUT2D eigenvalue weighted by atomic mass is 16.5. The fraction of sp³-hybridized carbons (Fsp3) is 0.176. The van der Waals surface area contributed by atoms with E-state index in [0.717, 1.165) is 5.56 Å². The third kappa shape index (κ3) is 3.40. The van der Waals surface area contributed by atoms with Crippen LogP contribution in [0.2, 0.25) is 0 Å². The van der Waals surface area contributed by atoms with Crippen LogP contribution in [0.4, 0.5) is 0 Å². The van der Waals surface area contributed by atoms with Crippen molar-refractivity contribution in [3.8, 4) is 0 Å². The lowest BCUT2D eigenvalue weighted by Crippen LogP contribution is -2.13. The molecule has 3 rings (SSSR count). The molecule has 0 aliphatic rings. The Kier molecular flexibility index (Phi) is 4.81. The third-order valence-electron chi connectivity index (χ3n) is 3.37. The zero-order valence-electron chi connectivity index (χ0n) is 13.2. The van der Waals surface area contributed by atoms with Crippen molar-refractivity contribution in [2.45, 2.75) is 13.5 Å². The number of imidazole rings is 1. The molecule has 7 nitrogen and oxygen atoms in total. The molecule has 2 heterocycles. The van der Waals surface area contributed by atoms with Crippen LogP contribution >= 0.6 is 0 Å². The first kappa shape index (κ1) is 15.7. The first-order chi connectivity index (χ1) is 11.8. The van der Waals surface area contributed by atoms with Crippen LogP contribution < -0.4 is 5.32 Å². The number of hydrogen-bond donors (Lipinski definition) is 2. The van der Waals surface area contributed by atoms with Crippen LogP contribution in [0.25, 0.3) is 16.7 Å². The number of fused-ring (bicyclic) bond motifs is 1. The Balaban J connectivity index is 1.90. The minimum absolute atomic E-state index is 0.284. The van der Waals surface area contributed by atoms with Crippen molar-refractivity contribution in [2.24, 2.45) is 0 Å². The van der Waals surface area contributed by atoms with Gasteiger partial charge in [-0.25, -0.2) is 19.7 Å². The fourth-order valence-corrected chi connectivity index (χ4v) is 2.27. The number of ether oxygens (including phenoxy) is 1. The predicted octanol–water partition coefficient (Wildman–Crippen LogP) is 2.05. The maximum absolute atomic E-state index is 12.3. The molecule has 0 unspecified atom stereocenters. The van der Waals surface area contributed by atoms with Gasteiger partial charge in [0, 0.05) is 12.7 Å². The maximum atomic E-state index is 12.3. The molecule has 0 bridgehead atoms. The van der Waals surface area contributed by atoms with E-state index in [1.54, 1.807) is 13.1 Å². The number of aromatic nitrogens is 4. The van der Waals surface area contributed by atoms with E-state index < -0.39 is 5.97 Å². The second kappa shape index (κ2) is 7.36. The Morgan fingerprint density at radius 3 is 2.88 bits per heavy atom. The lowest BCUT2D eigenvalue weighted by Gasteiger charge is -2.08. The van der Waals surface area contributed by atoms with Crippen LogP contribution in [0.1, 0.15) is 18.2 Å². The molecule has 2 N–H and O–H groups in total. The predicted molar refractivity (Wildman–Crippen MR) is 89.6 cm³/mol. The van der Waals surface area contributed by atoms with E-state index in [0.29, 0.717) is 29.0 Å². The fourth-order valence-electron chi connectivity index (χ4n) is 2.27. The summed E-state index contributed by atoms with van der Waals surface area (Å²) < 4.78 is 5.14. The van der Waals surface area contributed by atoms with Crippen molar-refractivity contribution in [3.63, 3.8) is 0 Å². The van der Waals surface area contributed by atoms with Crippen molar-refractivity contribution >= 4 is 22.7 Å². The largest absolute Gasteiger partial charge is 0.462 e. The van der Waals surface area contributed by atoms with Crippen molar-refractivity contribution < 1.29 is 9.53 Å². The zero-order chi connectivity index (χ0) is 16.8. The van der Waals surface area contributed by atoms with E-state index in [1.165, 1.54) is 12.7 Å². The van der Waals surface area contributed by atoms with Gasteiger partial charge in [0.1, 0.15) is 23.1 Å². The molecular weight excluding hydrogens is 306 g/mol. The second-order valence-corrected chi connectivity index (χ2v) is 4.97. The molecule has 3 aromatic rings. The smallest absolute Gasteiger partial charge is 0.341 e. The molecule has 0 atom stereocenters. The number of rotatable bonds is 6. The molecule has 0 fully saturated rings. The van der Waals surface area contributed by atoms with E-state index in [-0.39, 0.29) is 6.61 Å². The number of carbonyl (C=O) groups is 1. The van der Waals surface area contributed by atoms with Crippen LogP contribution in [0.5, 0.6) is 0 Å². The van der Waals surface area contributed by atoms with Crippen LogP contribution in [-0.2, 0) is 16.1 Å². The highest BCUT2D eigenvalue weighted by Gasteiger charge is 2.19. The average molecular weight is 323 g/mol. The van der Waals surface area contributed by atoms with Gasteiger partial charge < -0.3 is 15.0 Å². The number of aromatic amines is 1. The van der Waals surface area contributed by atoms with Crippen molar-refractivity contribution in [1.82, 2.24) is 25.3 Å². The Labute approximate surface area is 138 Å². The molecule has 2 aromatic heterocycles. The van der Waals surface area contributed by atoms with E-state index >= 15 is 0 Å². The lowest BCUT2D eigenvalue weighted by molar-refractivity contribution is -0.136. The van der Waals surface area contributed by atoms with Gasteiger partial charge in [-0.1, -0.05) is 30.3 Å². The maximum Gasteiger partial charge on any atom is 0.341 e. The summed E-state index contributed by atoms with van der Waals surface area (Å²) >= 11 is 0. The molecule has 0 saturated carbocycles.